The lowest BCUT2D eigenvalue weighted by molar-refractivity contribution is -0.384. The Bertz CT molecular complexity index is 881. The van der Waals surface area contributed by atoms with Crippen LogP contribution in [0.5, 0.6) is 0 Å². The number of carbonyl (C=O) groups excluding carboxylic acids is 1. The van der Waals surface area contributed by atoms with Crippen LogP contribution < -0.4 is 4.90 Å². The fourth-order valence-corrected chi connectivity index (χ4v) is 3.45. The van der Waals surface area contributed by atoms with Gasteiger partial charge in [-0.05, 0) is 42.0 Å². The van der Waals surface area contributed by atoms with Gasteiger partial charge in [-0.1, -0.05) is 30.0 Å². The average Bonchev–Trinajstić information content (AvgIpc) is 2.82. The summed E-state index contributed by atoms with van der Waals surface area (Å²) < 4.78 is 13.7. The first-order valence-corrected chi connectivity index (χ1v) is 7.96. The molecule has 0 aliphatic carbocycles. The first-order valence-electron chi connectivity index (χ1n) is 6.74. The molecule has 3 rings (SSSR count). The summed E-state index contributed by atoms with van der Waals surface area (Å²) in [7, 11) is 0. The van der Waals surface area contributed by atoms with Gasteiger partial charge >= 0.3 is 0 Å². The molecule has 0 radical (unpaired) electrons. The predicted molar refractivity (Wildman–Crippen MR) is 95.1 cm³/mol. The van der Waals surface area contributed by atoms with Gasteiger partial charge < -0.3 is 0 Å². The minimum atomic E-state index is -0.493. The van der Waals surface area contributed by atoms with Crippen LogP contribution in [0.1, 0.15) is 5.56 Å². The zero-order chi connectivity index (χ0) is 17.3. The molecule has 120 valence electrons. The van der Waals surface area contributed by atoms with E-state index in [1.165, 1.54) is 35.2 Å². The normalized spacial score (nSPS) is 16.0. The Kier molecular flexibility index (Phi) is 4.41. The summed E-state index contributed by atoms with van der Waals surface area (Å²) in [6, 6.07) is 11.4. The summed E-state index contributed by atoms with van der Waals surface area (Å²) in [5.74, 6) is -0.810. The van der Waals surface area contributed by atoms with Crippen molar-refractivity contribution in [3.8, 4) is 0 Å². The van der Waals surface area contributed by atoms with E-state index in [4.69, 9.17) is 12.2 Å². The Hall–Kier alpha value is -2.58. The predicted octanol–water partition coefficient (Wildman–Crippen LogP) is 4.14. The van der Waals surface area contributed by atoms with Crippen LogP contribution in [0.4, 0.5) is 15.8 Å². The number of halogens is 1. The van der Waals surface area contributed by atoms with Crippen LogP contribution in [0.15, 0.2) is 53.4 Å². The van der Waals surface area contributed by atoms with Gasteiger partial charge in [0.2, 0.25) is 0 Å². The monoisotopic (exact) mass is 360 g/mol. The van der Waals surface area contributed by atoms with Crippen molar-refractivity contribution in [2.24, 2.45) is 0 Å². The van der Waals surface area contributed by atoms with Gasteiger partial charge in [0.25, 0.3) is 11.6 Å². The highest BCUT2D eigenvalue weighted by Crippen LogP contribution is 2.36. The van der Waals surface area contributed by atoms with Crippen molar-refractivity contribution in [2.75, 3.05) is 4.90 Å². The van der Waals surface area contributed by atoms with Gasteiger partial charge in [0.15, 0.2) is 4.32 Å². The largest absolute Gasteiger partial charge is 0.270 e. The minimum absolute atomic E-state index is 0.0283. The Labute approximate surface area is 145 Å². The highest BCUT2D eigenvalue weighted by molar-refractivity contribution is 8.27. The van der Waals surface area contributed by atoms with Crippen molar-refractivity contribution in [3.63, 3.8) is 0 Å². The summed E-state index contributed by atoms with van der Waals surface area (Å²) in [4.78, 5) is 24.3. The number of nitrogens with zero attached hydrogens (tertiary/aromatic N) is 2. The van der Waals surface area contributed by atoms with Crippen LogP contribution in [0, 0.1) is 15.9 Å². The number of carbonyl (C=O) groups is 1. The molecule has 0 saturated carbocycles. The van der Waals surface area contributed by atoms with Crippen LogP contribution >= 0.6 is 24.0 Å². The highest BCUT2D eigenvalue weighted by Gasteiger charge is 2.33. The summed E-state index contributed by atoms with van der Waals surface area (Å²) in [5.41, 5.74) is 0.976. The molecule has 0 spiro atoms. The number of hydrogen-bond acceptors (Lipinski definition) is 5. The van der Waals surface area contributed by atoms with Gasteiger partial charge in [-0.3, -0.25) is 19.8 Å². The molecule has 0 bridgehead atoms. The smallest absolute Gasteiger partial charge is 0.268 e. The Morgan fingerprint density at radius 3 is 2.54 bits per heavy atom. The summed E-state index contributed by atoms with van der Waals surface area (Å²) in [6.07, 6.45) is 1.60. The average molecular weight is 360 g/mol. The zero-order valence-corrected chi connectivity index (χ0v) is 13.6. The molecular formula is C16H9FN2O3S2. The van der Waals surface area contributed by atoms with E-state index in [9.17, 15) is 19.3 Å². The maximum atomic E-state index is 13.4. The van der Waals surface area contributed by atoms with E-state index >= 15 is 0 Å². The number of anilines is 1. The summed E-state index contributed by atoms with van der Waals surface area (Å²) in [6.45, 7) is 0. The van der Waals surface area contributed by atoms with Crippen molar-refractivity contribution < 1.29 is 14.1 Å². The molecule has 1 saturated heterocycles. The van der Waals surface area contributed by atoms with Crippen molar-refractivity contribution in [1.82, 2.24) is 0 Å². The van der Waals surface area contributed by atoms with Crippen molar-refractivity contribution in [1.29, 1.82) is 0 Å². The quantitative estimate of drug-likeness (QED) is 0.356. The number of rotatable bonds is 3. The molecule has 2 aromatic carbocycles. The van der Waals surface area contributed by atoms with E-state index in [0.29, 0.717) is 20.5 Å². The number of thioether (sulfide) groups is 1. The summed E-state index contributed by atoms with van der Waals surface area (Å²) >= 11 is 6.31. The van der Waals surface area contributed by atoms with E-state index in [1.54, 1.807) is 24.3 Å². The topological polar surface area (TPSA) is 63.4 Å². The van der Waals surface area contributed by atoms with Crippen LogP contribution in [-0.4, -0.2) is 15.2 Å². The SMILES string of the molecule is O=C1C(=Cc2ccc([N+](=O)[O-])cc2)SC(=S)N1c1cccc(F)c1. The third-order valence-electron chi connectivity index (χ3n) is 3.26. The first-order chi connectivity index (χ1) is 11.5. The van der Waals surface area contributed by atoms with Gasteiger partial charge in [-0.25, -0.2) is 4.39 Å². The fourth-order valence-electron chi connectivity index (χ4n) is 2.15. The lowest BCUT2D eigenvalue weighted by atomic mass is 10.2. The number of non-ortho nitro benzene ring substituents is 1. The van der Waals surface area contributed by atoms with E-state index in [-0.39, 0.29) is 11.6 Å². The number of nitro groups is 1. The van der Waals surface area contributed by atoms with Gasteiger partial charge in [0.05, 0.1) is 15.5 Å². The van der Waals surface area contributed by atoms with E-state index < -0.39 is 10.7 Å². The van der Waals surface area contributed by atoms with E-state index in [2.05, 4.69) is 0 Å². The van der Waals surface area contributed by atoms with E-state index in [0.717, 1.165) is 11.8 Å². The summed E-state index contributed by atoms with van der Waals surface area (Å²) in [5, 5.41) is 10.7. The number of benzene rings is 2. The highest BCUT2D eigenvalue weighted by atomic mass is 32.2. The van der Waals surface area contributed by atoms with Gasteiger partial charge in [0.1, 0.15) is 5.82 Å². The third kappa shape index (κ3) is 3.19. The van der Waals surface area contributed by atoms with Crippen LogP contribution in [-0.2, 0) is 4.79 Å². The molecule has 0 N–H and O–H groups in total. The molecule has 5 nitrogen and oxygen atoms in total. The van der Waals surface area contributed by atoms with Crippen LogP contribution in [0.2, 0.25) is 0 Å². The second-order valence-electron chi connectivity index (χ2n) is 4.85. The molecule has 0 aromatic heterocycles. The zero-order valence-electron chi connectivity index (χ0n) is 12.0. The lowest BCUT2D eigenvalue weighted by Gasteiger charge is -2.14. The second kappa shape index (κ2) is 6.50. The maximum Gasteiger partial charge on any atom is 0.270 e. The van der Waals surface area contributed by atoms with Crippen molar-refractivity contribution in [2.45, 2.75) is 0 Å². The second-order valence-corrected chi connectivity index (χ2v) is 6.52. The molecule has 1 aliphatic rings. The molecule has 1 fully saturated rings. The van der Waals surface area contributed by atoms with Crippen LogP contribution in [0.25, 0.3) is 6.08 Å². The fraction of sp³-hybridized carbons (Fsp3) is 0. The molecule has 8 heteroatoms. The molecule has 1 heterocycles. The van der Waals surface area contributed by atoms with Gasteiger partial charge in [-0.15, -0.1) is 0 Å². The van der Waals surface area contributed by atoms with Crippen LogP contribution in [0.3, 0.4) is 0 Å². The molecular weight excluding hydrogens is 351 g/mol. The van der Waals surface area contributed by atoms with Gasteiger partial charge in [-0.2, -0.15) is 0 Å². The molecule has 2 aromatic rings. The molecule has 0 unspecified atom stereocenters. The number of amides is 1. The Morgan fingerprint density at radius 1 is 1.21 bits per heavy atom. The van der Waals surface area contributed by atoms with Crippen molar-refractivity contribution >= 4 is 51.7 Å². The van der Waals surface area contributed by atoms with Crippen molar-refractivity contribution in [3.05, 3.63) is 74.9 Å². The number of thiocarbonyl (C=S) groups is 1. The lowest BCUT2D eigenvalue weighted by Crippen LogP contribution is -2.27. The molecule has 1 aliphatic heterocycles. The standard InChI is InChI=1S/C16H9FN2O3S2/c17-11-2-1-3-13(9-11)18-15(20)14(24-16(18)23)8-10-4-6-12(7-5-10)19(21)22/h1-9H. The number of nitro benzene ring substituents is 1. The van der Waals surface area contributed by atoms with Gasteiger partial charge in [0, 0.05) is 12.1 Å². The molecule has 24 heavy (non-hydrogen) atoms. The molecule has 0 atom stereocenters. The maximum absolute atomic E-state index is 13.4. The third-order valence-corrected chi connectivity index (χ3v) is 4.56. The Morgan fingerprint density at radius 2 is 1.92 bits per heavy atom. The number of hydrogen-bond donors (Lipinski definition) is 0. The first kappa shape index (κ1) is 16.3. The minimum Gasteiger partial charge on any atom is -0.268 e. The molecule has 1 amide bonds. The van der Waals surface area contributed by atoms with E-state index in [1.807, 2.05) is 0 Å². The Balaban J connectivity index is 1.89.